The van der Waals surface area contributed by atoms with E-state index in [1.807, 2.05) is 19.9 Å². The molecule has 132 valence electrons. The molecule has 1 aromatic rings. The number of carbonyl (C=O) groups excluding carboxylic acids is 2. The van der Waals surface area contributed by atoms with E-state index in [0.717, 1.165) is 11.1 Å². The molecular formula is C18H19NO6. The molecule has 0 amide bonds. The lowest BCUT2D eigenvalue weighted by molar-refractivity contribution is -0.136. The second-order valence-corrected chi connectivity index (χ2v) is 5.79. The molecule has 1 aromatic carbocycles. The zero-order valence-electron chi connectivity index (χ0n) is 14.3. The second-order valence-electron chi connectivity index (χ2n) is 5.79. The SMILES string of the molecule is COc1cc(N=C=O)c2c(c1C)C(C/C=C(\C)CCC(=O)O)OC2=O. The minimum Gasteiger partial charge on any atom is -0.496 e. The number of rotatable bonds is 7. The Hall–Kier alpha value is -2.92. The van der Waals surface area contributed by atoms with Crippen LogP contribution in [0.3, 0.4) is 0 Å². The Morgan fingerprint density at radius 3 is 2.80 bits per heavy atom. The number of carbonyl (C=O) groups is 2. The van der Waals surface area contributed by atoms with E-state index in [-0.39, 0.29) is 17.7 Å². The largest absolute Gasteiger partial charge is 0.496 e. The van der Waals surface area contributed by atoms with Crippen LogP contribution in [0.4, 0.5) is 5.69 Å². The zero-order valence-corrected chi connectivity index (χ0v) is 14.3. The quantitative estimate of drug-likeness (QED) is 0.352. The van der Waals surface area contributed by atoms with Gasteiger partial charge in [-0.3, -0.25) is 4.79 Å². The van der Waals surface area contributed by atoms with Crippen LogP contribution >= 0.6 is 0 Å². The van der Waals surface area contributed by atoms with Crippen LogP contribution in [0.15, 0.2) is 22.7 Å². The molecule has 1 heterocycles. The number of benzene rings is 1. The topological polar surface area (TPSA) is 102 Å². The molecule has 0 aliphatic carbocycles. The van der Waals surface area contributed by atoms with Gasteiger partial charge < -0.3 is 14.6 Å². The molecule has 0 spiro atoms. The lowest BCUT2D eigenvalue weighted by Gasteiger charge is -2.14. The lowest BCUT2D eigenvalue weighted by atomic mass is 9.94. The Morgan fingerprint density at radius 2 is 2.20 bits per heavy atom. The first kappa shape index (κ1) is 18.4. The van der Waals surface area contributed by atoms with Gasteiger partial charge in [0.2, 0.25) is 6.08 Å². The number of methoxy groups -OCH3 is 1. The molecule has 2 rings (SSSR count). The smallest absolute Gasteiger partial charge is 0.341 e. The molecular weight excluding hydrogens is 326 g/mol. The molecule has 0 radical (unpaired) electrons. The minimum atomic E-state index is -0.859. The van der Waals surface area contributed by atoms with Crippen molar-refractivity contribution < 1.29 is 29.0 Å². The van der Waals surface area contributed by atoms with Gasteiger partial charge in [0, 0.05) is 24.5 Å². The highest BCUT2D eigenvalue weighted by Gasteiger charge is 2.36. The predicted octanol–water partition coefficient (Wildman–Crippen LogP) is 3.38. The first-order valence-electron chi connectivity index (χ1n) is 7.76. The van der Waals surface area contributed by atoms with Gasteiger partial charge in [-0.15, -0.1) is 0 Å². The van der Waals surface area contributed by atoms with Gasteiger partial charge in [0.1, 0.15) is 11.9 Å². The van der Waals surface area contributed by atoms with Gasteiger partial charge in [0.25, 0.3) is 0 Å². The van der Waals surface area contributed by atoms with Gasteiger partial charge in [0.15, 0.2) is 0 Å². The van der Waals surface area contributed by atoms with E-state index in [0.29, 0.717) is 24.2 Å². The summed E-state index contributed by atoms with van der Waals surface area (Å²) in [5.74, 6) is -0.902. The maximum absolute atomic E-state index is 12.2. The van der Waals surface area contributed by atoms with Gasteiger partial charge in [-0.1, -0.05) is 11.6 Å². The average molecular weight is 345 g/mol. The Labute approximate surface area is 145 Å². The number of fused-ring (bicyclic) bond motifs is 1. The fourth-order valence-corrected chi connectivity index (χ4v) is 2.86. The molecule has 1 atom stereocenters. The third-order valence-corrected chi connectivity index (χ3v) is 4.14. The second kappa shape index (κ2) is 7.77. The first-order valence-corrected chi connectivity index (χ1v) is 7.76. The molecule has 0 saturated carbocycles. The van der Waals surface area contributed by atoms with E-state index >= 15 is 0 Å². The fraction of sp³-hybridized carbons (Fsp3) is 0.389. The summed E-state index contributed by atoms with van der Waals surface area (Å²) in [6.45, 7) is 3.64. The Morgan fingerprint density at radius 1 is 1.48 bits per heavy atom. The summed E-state index contributed by atoms with van der Waals surface area (Å²) < 4.78 is 10.7. The van der Waals surface area contributed by atoms with Gasteiger partial charge in [-0.25, -0.2) is 9.59 Å². The summed E-state index contributed by atoms with van der Waals surface area (Å²) in [5.41, 5.74) is 2.71. The molecule has 1 aliphatic rings. The third-order valence-electron chi connectivity index (χ3n) is 4.14. The summed E-state index contributed by atoms with van der Waals surface area (Å²) in [6, 6.07) is 1.51. The molecule has 1 unspecified atom stereocenters. The average Bonchev–Trinajstić information content (AvgIpc) is 2.91. The summed E-state index contributed by atoms with van der Waals surface area (Å²) in [4.78, 5) is 37.1. The van der Waals surface area contributed by atoms with Gasteiger partial charge in [0.05, 0.1) is 18.4 Å². The highest BCUT2D eigenvalue weighted by molar-refractivity contribution is 6.00. The van der Waals surface area contributed by atoms with Crippen LogP contribution in [-0.4, -0.2) is 30.2 Å². The molecule has 7 nitrogen and oxygen atoms in total. The molecule has 0 saturated heterocycles. The van der Waals surface area contributed by atoms with Crippen molar-refractivity contribution in [2.24, 2.45) is 4.99 Å². The maximum atomic E-state index is 12.2. The normalized spacial score (nSPS) is 16.0. The molecule has 0 fully saturated rings. The number of hydrogen-bond acceptors (Lipinski definition) is 6. The van der Waals surface area contributed by atoms with Crippen LogP contribution in [0, 0.1) is 6.92 Å². The standard InChI is InChI=1S/C18H19NO6/c1-10(5-7-15(21)22)4-6-13-16-11(2)14(24-3)8-12(19-9-20)17(16)18(23)25-13/h4,8,13H,5-7H2,1-3H3,(H,21,22)/b10-4+. The number of allylic oxidation sites excluding steroid dienone is 1. The van der Waals surface area contributed by atoms with Crippen LogP contribution in [-0.2, 0) is 14.3 Å². The number of carboxylic acids is 1. The van der Waals surface area contributed by atoms with Crippen LogP contribution in [0.5, 0.6) is 5.75 Å². The number of hydrogen-bond donors (Lipinski definition) is 1. The minimum absolute atomic E-state index is 0.0500. The van der Waals surface area contributed by atoms with E-state index in [9.17, 15) is 14.4 Å². The van der Waals surface area contributed by atoms with E-state index < -0.39 is 18.0 Å². The van der Waals surface area contributed by atoms with Crippen molar-refractivity contribution in [3.8, 4) is 5.75 Å². The number of carboxylic acid groups (broad SMARTS) is 1. The number of isocyanates is 1. The first-order chi connectivity index (χ1) is 11.9. The van der Waals surface area contributed by atoms with Crippen molar-refractivity contribution in [3.63, 3.8) is 0 Å². The summed E-state index contributed by atoms with van der Waals surface area (Å²) >= 11 is 0. The zero-order chi connectivity index (χ0) is 18.6. The number of nitrogens with zero attached hydrogens (tertiary/aromatic N) is 1. The van der Waals surface area contributed by atoms with Crippen LogP contribution in [0.2, 0.25) is 0 Å². The Balaban J connectivity index is 2.37. The molecule has 25 heavy (non-hydrogen) atoms. The van der Waals surface area contributed by atoms with E-state index in [2.05, 4.69) is 4.99 Å². The maximum Gasteiger partial charge on any atom is 0.341 e. The number of esters is 1. The van der Waals surface area contributed by atoms with Gasteiger partial charge >= 0.3 is 11.9 Å². The summed E-state index contributed by atoms with van der Waals surface area (Å²) in [6.07, 6.45) is 3.66. The van der Waals surface area contributed by atoms with Crippen LogP contribution in [0.25, 0.3) is 0 Å². The number of cyclic esters (lactones) is 1. The van der Waals surface area contributed by atoms with Crippen molar-refractivity contribution >= 4 is 23.7 Å². The number of ether oxygens (including phenoxy) is 2. The van der Waals surface area contributed by atoms with Gasteiger partial charge in [-0.05, 0) is 25.8 Å². The third kappa shape index (κ3) is 3.95. The van der Waals surface area contributed by atoms with E-state index in [1.54, 1.807) is 0 Å². The van der Waals surface area contributed by atoms with Crippen molar-refractivity contribution in [2.75, 3.05) is 7.11 Å². The van der Waals surface area contributed by atoms with Gasteiger partial charge in [-0.2, -0.15) is 4.99 Å². The Bertz CT molecular complexity index is 789. The monoisotopic (exact) mass is 345 g/mol. The Kier molecular flexibility index (Phi) is 5.72. The van der Waals surface area contributed by atoms with Crippen molar-refractivity contribution in [3.05, 3.63) is 34.4 Å². The van der Waals surface area contributed by atoms with E-state index in [4.69, 9.17) is 14.6 Å². The molecule has 0 aromatic heterocycles. The number of aliphatic carboxylic acids is 1. The highest BCUT2D eigenvalue weighted by atomic mass is 16.5. The van der Waals surface area contributed by atoms with Crippen LogP contribution < -0.4 is 4.74 Å². The molecule has 1 N–H and O–H groups in total. The number of aliphatic imine (C=N–C) groups is 1. The summed E-state index contributed by atoms with van der Waals surface area (Å²) in [7, 11) is 1.49. The van der Waals surface area contributed by atoms with Crippen molar-refractivity contribution in [2.45, 2.75) is 39.2 Å². The lowest BCUT2D eigenvalue weighted by Crippen LogP contribution is -2.00. The predicted molar refractivity (Wildman–Crippen MR) is 88.9 cm³/mol. The van der Waals surface area contributed by atoms with E-state index in [1.165, 1.54) is 19.3 Å². The molecule has 1 aliphatic heterocycles. The summed E-state index contributed by atoms with van der Waals surface area (Å²) in [5, 5.41) is 8.73. The highest BCUT2D eigenvalue weighted by Crippen LogP contribution is 2.44. The fourth-order valence-electron chi connectivity index (χ4n) is 2.86. The molecule has 7 heteroatoms. The van der Waals surface area contributed by atoms with Crippen LogP contribution in [0.1, 0.15) is 53.8 Å². The van der Waals surface area contributed by atoms with Crippen molar-refractivity contribution in [1.82, 2.24) is 0 Å². The molecule has 0 bridgehead atoms. The van der Waals surface area contributed by atoms with Crippen molar-refractivity contribution in [1.29, 1.82) is 0 Å².